The van der Waals surface area contributed by atoms with Crippen molar-refractivity contribution in [1.82, 2.24) is 0 Å². The molecule has 4 aromatic carbocycles. The highest BCUT2D eigenvalue weighted by atomic mass is 14.3. The van der Waals surface area contributed by atoms with Crippen LogP contribution in [0.4, 0.5) is 0 Å². The molecule has 0 N–H and O–H groups in total. The van der Waals surface area contributed by atoms with Crippen LogP contribution in [0.25, 0.3) is 32.7 Å². The van der Waals surface area contributed by atoms with Crippen molar-refractivity contribution in [1.29, 1.82) is 0 Å². The van der Waals surface area contributed by atoms with Gasteiger partial charge in [0.05, 0.1) is 0 Å². The maximum Gasteiger partial charge on any atom is -0.000455 e. The minimum atomic E-state index is 1.06. The average Bonchev–Trinajstić information content (AvgIpc) is 2.96. The van der Waals surface area contributed by atoms with Gasteiger partial charge in [0.2, 0.25) is 0 Å². The van der Waals surface area contributed by atoms with E-state index in [2.05, 4.69) is 74.5 Å². The molecule has 0 saturated heterocycles. The normalized spacial score (nSPS) is 12.6. The first-order chi connectivity index (χ1) is 11.2. The summed E-state index contributed by atoms with van der Waals surface area (Å²) in [6.45, 7) is 4.47. The number of hydrogen-bond donors (Lipinski definition) is 0. The maximum absolute atomic E-state index is 2.37. The molecular formula is C23H18. The van der Waals surface area contributed by atoms with E-state index in [-0.39, 0.29) is 0 Å². The number of fused-ring (bicyclic) bond motifs is 6. The summed E-state index contributed by atoms with van der Waals surface area (Å²) in [7, 11) is 0. The van der Waals surface area contributed by atoms with Crippen LogP contribution in [0.2, 0.25) is 0 Å². The summed E-state index contributed by atoms with van der Waals surface area (Å²) in [5.74, 6) is 0. The number of hydrogen-bond acceptors (Lipinski definition) is 0. The summed E-state index contributed by atoms with van der Waals surface area (Å²) < 4.78 is 0. The molecular weight excluding hydrogens is 276 g/mol. The van der Waals surface area contributed by atoms with Gasteiger partial charge in [0, 0.05) is 0 Å². The zero-order valence-electron chi connectivity index (χ0n) is 13.5. The number of benzene rings is 4. The molecule has 0 heteroatoms. The second-order valence-electron chi connectivity index (χ2n) is 6.72. The molecule has 0 amide bonds. The lowest BCUT2D eigenvalue weighted by Crippen LogP contribution is -1.90. The molecule has 23 heavy (non-hydrogen) atoms. The quantitative estimate of drug-likeness (QED) is 0.299. The fourth-order valence-corrected chi connectivity index (χ4v) is 4.05. The molecule has 0 aliphatic heterocycles. The molecule has 0 saturated carbocycles. The van der Waals surface area contributed by atoms with E-state index in [0.717, 1.165) is 6.42 Å². The van der Waals surface area contributed by atoms with Gasteiger partial charge in [-0.15, -0.1) is 0 Å². The van der Waals surface area contributed by atoms with Crippen LogP contribution in [-0.2, 0) is 6.42 Å². The third-order valence-electron chi connectivity index (χ3n) is 5.51. The Morgan fingerprint density at radius 1 is 0.652 bits per heavy atom. The Kier molecular flexibility index (Phi) is 2.50. The molecule has 0 radical (unpaired) electrons. The predicted molar refractivity (Wildman–Crippen MR) is 99.2 cm³/mol. The van der Waals surface area contributed by atoms with E-state index in [9.17, 15) is 0 Å². The second-order valence-corrected chi connectivity index (χ2v) is 6.72. The fourth-order valence-electron chi connectivity index (χ4n) is 4.05. The fraction of sp³-hybridized carbons (Fsp3) is 0.130. The van der Waals surface area contributed by atoms with E-state index < -0.39 is 0 Å². The smallest absolute Gasteiger partial charge is 0.000455 e. The lowest BCUT2D eigenvalue weighted by atomic mass is 9.96. The first-order valence-electron chi connectivity index (χ1n) is 8.26. The highest BCUT2D eigenvalue weighted by molar-refractivity contribution is 6.03. The van der Waals surface area contributed by atoms with Gasteiger partial charge in [0.15, 0.2) is 0 Å². The molecule has 4 aromatic rings. The highest BCUT2D eigenvalue weighted by Crippen LogP contribution is 2.43. The van der Waals surface area contributed by atoms with Gasteiger partial charge in [0.25, 0.3) is 0 Å². The number of aryl methyl sites for hydroxylation is 1. The third kappa shape index (κ3) is 1.72. The predicted octanol–water partition coefficient (Wildman–Crippen LogP) is 6.18. The van der Waals surface area contributed by atoms with E-state index in [1.807, 2.05) is 0 Å². The van der Waals surface area contributed by atoms with Gasteiger partial charge < -0.3 is 0 Å². The van der Waals surface area contributed by atoms with Crippen LogP contribution in [0.3, 0.4) is 0 Å². The van der Waals surface area contributed by atoms with Crippen molar-refractivity contribution in [3.63, 3.8) is 0 Å². The minimum absolute atomic E-state index is 1.06. The Hall–Kier alpha value is -2.60. The molecule has 0 unspecified atom stereocenters. The van der Waals surface area contributed by atoms with Crippen LogP contribution >= 0.6 is 0 Å². The molecule has 0 nitrogen and oxygen atoms in total. The SMILES string of the molecule is Cc1ccc2c(c1C)Cc1c-2ccc2cc3ccccc3cc12. The molecule has 0 bridgehead atoms. The zero-order chi connectivity index (χ0) is 15.6. The Labute approximate surface area is 136 Å². The maximum atomic E-state index is 2.37. The van der Waals surface area contributed by atoms with E-state index >= 15 is 0 Å². The molecule has 0 atom stereocenters. The molecule has 1 aliphatic rings. The highest BCUT2D eigenvalue weighted by Gasteiger charge is 2.22. The van der Waals surface area contributed by atoms with Crippen LogP contribution in [0.15, 0.2) is 60.7 Å². The van der Waals surface area contributed by atoms with Gasteiger partial charge >= 0.3 is 0 Å². The molecule has 0 spiro atoms. The summed E-state index contributed by atoms with van der Waals surface area (Å²) in [6.07, 6.45) is 1.06. The third-order valence-corrected chi connectivity index (χ3v) is 5.51. The van der Waals surface area contributed by atoms with Gasteiger partial charge in [-0.25, -0.2) is 0 Å². The van der Waals surface area contributed by atoms with Crippen LogP contribution in [0, 0.1) is 13.8 Å². The summed E-state index contributed by atoms with van der Waals surface area (Å²) in [5.41, 5.74) is 8.71. The van der Waals surface area contributed by atoms with Crippen LogP contribution in [-0.4, -0.2) is 0 Å². The first-order valence-corrected chi connectivity index (χ1v) is 8.26. The van der Waals surface area contributed by atoms with Crippen LogP contribution in [0.1, 0.15) is 22.3 Å². The Bertz CT molecular complexity index is 1100. The van der Waals surface area contributed by atoms with Gasteiger partial charge in [0.1, 0.15) is 0 Å². The van der Waals surface area contributed by atoms with Crippen molar-refractivity contribution >= 4 is 21.5 Å². The first kappa shape index (κ1) is 12.9. The van der Waals surface area contributed by atoms with E-state index in [1.54, 1.807) is 0 Å². The standard InChI is InChI=1S/C23H18/c1-14-7-9-19-20-10-8-18-11-16-5-3-4-6-17(16)12-22(18)23(20)13-21(19)15(14)2/h3-12H,13H2,1-2H3. The van der Waals surface area contributed by atoms with E-state index in [1.165, 1.54) is 54.9 Å². The Morgan fingerprint density at radius 3 is 2.17 bits per heavy atom. The van der Waals surface area contributed by atoms with Crippen molar-refractivity contribution in [2.75, 3.05) is 0 Å². The van der Waals surface area contributed by atoms with Crippen molar-refractivity contribution < 1.29 is 0 Å². The van der Waals surface area contributed by atoms with Crippen molar-refractivity contribution in [3.05, 3.63) is 82.9 Å². The molecule has 0 heterocycles. The van der Waals surface area contributed by atoms with Crippen LogP contribution < -0.4 is 0 Å². The van der Waals surface area contributed by atoms with Gasteiger partial charge in [-0.3, -0.25) is 0 Å². The summed E-state index contributed by atoms with van der Waals surface area (Å²) in [5, 5.41) is 5.42. The number of rotatable bonds is 0. The topological polar surface area (TPSA) is 0 Å². The summed E-state index contributed by atoms with van der Waals surface area (Å²) in [4.78, 5) is 0. The Morgan fingerprint density at radius 2 is 1.35 bits per heavy atom. The molecule has 0 fully saturated rings. The van der Waals surface area contributed by atoms with Gasteiger partial charge in [-0.1, -0.05) is 48.5 Å². The van der Waals surface area contributed by atoms with Crippen LogP contribution in [0.5, 0.6) is 0 Å². The molecule has 5 rings (SSSR count). The summed E-state index contributed by atoms with van der Waals surface area (Å²) in [6, 6.07) is 22.5. The Balaban J connectivity index is 1.86. The lowest BCUT2D eigenvalue weighted by molar-refractivity contribution is 1.20. The largest absolute Gasteiger partial charge is 0.0616 e. The molecule has 1 aliphatic carbocycles. The summed E-state index contributed by atoms with van der Waals surface area (Å²) >= 11 is 0. The van der Waals surface area contributed by atoms with Gasteiger partial charge in [-0.05, 0) is 87.3 Å². The lowest BCUT2D eigenvalue weighted by Gasteiger charge is -2.08. The van der Waals surface area contributed by atoms with Crippen molar-refractivity contribution in [2.45, 2.75) is 20.3 Å². The van der Waals surface area contributed by atoms with Crippen molar-refractivity contribution in [3.8, 4) is 11.1 Å². The van der Waals surface area contributed by atoms with E-state index in [4.69, 9.17) is 0 Å². The molecule has 0 aromatic heterocycles. The average molecular weight is 294 g/mol. The molecule has 110 valence electrons. The minimum Gasteiger partial charge on any atom is -0.0616 e. The van der Waals surface area contributed by atoms with E-state index in [0.29, 0.717) is 0 Å². The van der Waals surface area contributed by atoms with Crippen molar-refractivity contribution in [2.24, 2.45) is 0 Å². The second kappa shape index (κ2) is 4.45. The zero-order valence-corrected chi connectivity index (χ0v) is 13.5. The van der Waals surface area contributed by atoms with Gasteiger partial charge in [-0.2, -0.15) is 0 Å². The monoisotopic (exact) mass is 294 g/mol.